The van der Waals surface area contributed by atoms with Gasteiger partial charge in [0.1, 0.15) is 6.07 Å². The van der Waals surface area contributed by atoms with Crippen LogP contribution in [0.2, 0.25) is 0 Å². The Kier molecular flexibility index (Phi) is 7.76. The Morgan fingerprint density at radius 3 is 1.55 bits per heavy atom. The normalized spacial score (nSPS) is 11.4. The first-order chi connectivity index (χ1) is 28.7. The lowest BCUT2D eigenvalue weighted by Crippen LogP contribution is -2.02. The lowest BCUT2D eigenvalue weighted by molar-refractivity contribution is 1.07. The third-order valence-electron chi connectivity index (χ3n) is 11.0. The van der Waals surface area contributed by atoms with E-state index in [1.54, 1.807) is 0 Å². The highest BCUT2D eigenvalue weighted by atomic mass is 15.0. The van der Waals surface area contributed by atoms with E-state index < -0.39 is 0 Å². The van der Waals surface area contributed by atoms with Crippen molar-refractivity contribution in [1.29, 1.82) is 5.26 Å². The van der Waals surface area contributed by atoms with Gasteiger partial charge in [-0.25, -0.2) is 15.0 Å². The van der Waals surface area contributed by atoms with Gasteiger partial charge in [0.2, 0.25) is 0 Å². The first-order valence-corrected chi connectivity index (χ1v) is 19.3. The Morgan fingerprint density at radius 2 is 0.879 bits per heavy atom. The lowest BCUT2D eigenvalue weighted by atomic mass is 10.0. The fraction of sp³-hybridized carbons (Fsp3) is 0. The van der Waals surface area contributed by atoms with Crippen molar-refractivity contribution in [3.8, 4) is 62.7 Å². The van der Waals surface area contributed by atoms with Crippen LogP contribution in [0.3, 0.4) is 0 Å². The topological polar surface area (TPSA) is 72.3 Å². The SMILES string of the molecule is N#Cc1cc(-c2nc(-c3ccccc3)nc(-c3ccc(-c4ccccc4)cc3)n2)ccc1-n1c2ccccc2c2ccc3c(c4ccccc4n3-c3ccccc3)c21. The summed E-state index contributed by atoms with van der Waals surface area (Å²) in [6, 6.07) is 69.1. The molecule has 6 nitrogen and oxygen atoms in total. The quantitative estimate of drug-likeness (QED) is 0.170. The standard InChI is InChI=1S/C52H32N6/c53-33-39-32-38(52-55-50(36-16-6-2-7-17-36)54-51(56-52)37-26-24-35(25-27-37)34-14-4-1-5-15-34)28-30-44(39)58-45-22-12-10-20-41(45)42-29-31-47-48(49(42)58)43-21-11-13-23-46(43)57(47)40-18-8-3-9-19-40/h1-32H. The second-order valence-electron chi connectivity index (χ2n) is 14.4. The van der Waals surface area contributed by atoms with Gasteiger partial charge in [-0.2, -0.15) is 5.26 Å². The second-order valence-corrected chi connectivity index (χ2v) is 14.4. The number of aromatic nitrogens is 5. The van der Waals surface area contributed by atoms with Crippen LogP contribution >= 0.6 is 0 Å². The van der Waals surface area contributed by atoms with Crippen LogP contribution in [-0.2, 0) is 0 Å². The summed E-state index contributed by atoms with van der Waals surface area (Å²) in [7, 11) is 0. The van der Waals surface area contributed by atoms with E-state index in [1.165, 1.54) is 0 Å². The average molecular weight is 741 g/mol. The van der Waals surface area contributed by atoms with Crippen molar-refractivity contribution in [1.82, 2.24) is 24.1 Å². The van der Waals surface area contributed by atoms with E-state index in [0.717, 1.165) is 82.8 Å². The Hall–Kier alpha value is -8.14. The summed E-state index contributed by atoms with van der Waals surface area (Å²) in [6.45, 7) is 0. The van der Waals surface area contributed by atoms with Crippen molar-refractivity contribution in [2.45, 2.75) is 0 Å². The summed E-state index contributed by atoms with van der Waals surface area (Å²) in [6.07, 6.45) is 0. The van der Waals surface area contributed by atoms with Crippen LogP contribution in [0.1, 0.15) is 5.56 Å². The highest BCUT2D eigenvalue weighted by Gasteiger charge is 2.22. The van der Waals surface area contributed by atoms with Crippen molar-refractivity contribution < 1.29 is 0 Å². The smallest absolute Gasteiger partial charge is 0.164 e. The molecule has 270 valence electrons. The van der Waals surface area contributed by atoms with Crippen LogP contribution < -0.4 is 0 Å². The molecule has 0 radical (unpaired) electrons. The first-order valence-electron chi connectivity index (χ1n) is 19.3. The number of hydrogen-bond donors (Lipinski definition) is 0. The molecule has 0 bridgehead atoms. The van der Waals surface area contributed by atoms with Gasteiger partial charge in [0.25, 0.3) is 0 Å². The van der Waals surface area contributed by atoms with E-state index in [-0.39, 0.29) is 0 Å². The zero-order valence-corrected chi connectivity index (χ0v) is 31.2. The van der Waals surface area contributed by atoms with E-state index in [0.29, 0.717) is 23.0 Å². The summed E-state index contributed by atoms with van der Waals surface area (Å²) in [5.41, 5.74) is 11.4. The Morgan fingerprint density at radius 1 is 0.379 bits per heavy atom. The molecule has 6 heteroatoms. The van der Waals surface area contributed by atoms with Crippen LogP contribution in [0.25, 0.3) is 100 Å². The van der Waals surface area contributed by atoms with Crippen LogP contribution in [0.5, 0.6) is 0 Å². The van der Waals surface area contributed by atoms with Gasteiger partial charge in [0.15, 0.2) is 17.5 Å². The molecule has 0 aliphatic rings. The molecule has 0 spiro atoms. The summed E-state index contributed by atoms with van der Waals surface area (Å²) >= 11 is 0. The van der Waals surface area contributed by atoms with Gasteiger partial charge in [-0.3, -0.25) is 0 Å². The first kappa shape index (κ1) is 33.2. The molecule has 8 aromatic carbocycles. The molecule has 0 aliphatic carbocycles. The van der Waals surface area contributed by atoms with Gasteiger partial charge in [-0.15, -0.1) is 0 Å². The molecule has 0 unspecified atom stereocenters. The Bertz CT molecular complexity index is 3380. The van der Waals surface area contributed by atoms with Crippen LogP contribution in [0.15, 0.2) is 194 Å². The predicted octanol–water partition coefficient (Wildman–Crippen LogP) is 12.6. The van der Waals surface area contributed by atoms with E-state index in [1.807, 2.05) is 72.8 Å². The molecular weight excluding hydrogens is 709 g/mol. The van der Waals surface area contributed by atoms with Crippen molar-refractivity contribution in [3.05, 3.63) is 200 Å². The third kappa shape index (κ3) is 5.37. The molecule has 11 aromatic rings. The molecular formula is C52H32N6. The highest BCUT2D eigenvalue weighted by Crippen LogP contribution is 2.42. The van der Waals surface area contributed by atoms with E-state index in [2.05, 4.69) is 137 Å². The zero-order valence-electron chi connectivity index (χ0n) is 31.2. The van der Waals surface area contributed by atoms with E-state index in [4.69, 9.17) is 15.0 Å². The number of fused-ring (bicyclic) bond motifs is 7. The minimum Gasteiger partial charge on any atom is -0.309 e. The van der Waals surface area contributed by atoms with Crippen molar-refractivity contribution in [2.24, 2.45) is 0 Å². The molecule has 0 aliphatic heterocycles. The molecule has 0 fully saturated rings. The van der Waals surface area contributed by atoms with Gasteiger partial charge in [-0.1, -0.05) is 146 Å². The highest BCUT2D eigenvalue weighted by molar-refractivity contribution is 6.26. The molecule has 0 saturated heterocycles. The summed E-state index contributed by atoms with van der Waals surface area (Å²) in [5, 5.41) is 15.5. The zero-order chi connectivity index (χ0) is 38.6. The minimum atomic E-state index is 0.495. The number of benzene rings is 8. The number of hydrogen-bond acceptors (Lipinski definition) is 4. The third-order valence-corrected chi connectivity index (χ3v) is 11.0. The van der Waals surface area contributed by atoms with Crippen LogP contribution in [0, 0.1) is 11.3 Å². The molecule has 3 aromatic heterocycles. The molecule has 0 atom stereocenters. The van der Waals surface area contributed by atoms with E-state index in [9.17, 15) is 5.26 Å². The summed E-state index contributed by atoms with van der Waals surface area (Å²) in [4.78, 5) is 15.0. The maximum absolute atomic E-state index is 10.9. The van der Waals surface area contributed by atoms with Crippen LogP contribution in [-0.4, -0.2) is 24.1 Å². The number of nitriles is 1. The molecule has 0 saturated carbocycles. The van der Waals surface area contributed by atoms with Crippen molar-refractivity contribution >= 4 is 43.6 Å². The maximum Gasteiger partial charge on any atom is 0.164 e. The van der Waals surface area contributed by atoms with Crippen molar-refractivity contribution in [2.75, 3.05) is 0 Å². The molecule has 0 amide bonds. The lowest BCUT2D eigenvalue weighted by Gasteiger charge is -2.13. The van der Waals surface area contributed by atoms with Gasteiger partial charge >= 0.3 is 0 Å². The van der Waals surface area contributed by atoms with Gasteiger partial charge < -0.3 is 9.13 Å². The van der Waals surface area contributed by atoms with Crippen LogP contribution in [0.4, 0.5) is 0 Å². The minimum absolute atomic E-state index is 0.495. The second kappa shape index (κ2) is 13.6. The number of rotatable bonds is 6. The summed E-state index contributed by atoms with van der Waals surface area (Å²) < 4.78 is 4.60. The van der Waals surface area contributed by atoms with Gasteiger partial charge in [0, 0.05) is 43.9 Å². The number of nitrogens with zero attached hydrogens (tertiary/aromatic N) is 6. The average Bonchev–Trinajstić information content (AvgIpc) is 3.82. The molecule has 11 rings (SSSR count). The molecule has 0 N–H and O–H groups in total. The largest absolute Gasteiger partial charge is 0.309 e. The fourth-order valence-corrected chi connectivity index (χ4v) is 8.37. The van der Waals surface area contributed by atoms with Crippen molar-refractivity contribution in [3.63, 3.8) is 0 Å². The Balaban J connectivity index is 1.12. The predicted molar refractivity (Wildman–Crippen MR) is 235 cm³/mol. The van der Waals surface area contributed by atoms with Gasteiger partial charge in [-0.05, 0) is 59.7 Å². The monoisotopic (exact) mass is 740 g/mol. The van der Waals surface area contributed by atoms with Gasteiger partial charge in [0.05, 0.1) is 33.3 Å². The Labute approximate surface area is 334 Å². The maximum atomic E-state index is 10.9. The number of para-hydroxylation sites is 3. The summed E-state index contributed by atoms with van der Waals surface area (Å²) in [5.74, 6) is 1.62. The fourth-order valence-electron chi connectivity index (χ4n) is 8.37. The molecule has 3 heterocycles. The molecule has 58 heavy (non-hydrogen) atoms. The van der Waals surface area contributed by atoms with E-state index >= 15 is 0 Å².